The van der Waals surface area contributed by atoms with Crippen LogP contribution in [0.4, 0.5) is 5.00 Å². The number of halogens is 1. The average molecular weight is 508 g/mol. The van der Waals surface area contributed by atoms with E-state index in [0.29, 0.717) is 10.6 Å². The number of hydrogen-bond donors (Lipinski definition) is 1. The first-order valence-electron chi connectivity index (χ1n) is 11.3. The van der Waals surface area contributed by atoms with Crippen LogP contribution in [-0.4, -0.2) is 73.6 Å². The second kappa shape index (κ2) is 12.3. The molecule has 1 aromatic carbocycles. The Kier molecular flexibility index (Phi) is 9.46. The number of rotatable bonds is 9. The molecule has 10 heteroatoms. The summed E-state index contributed by atoms with van der Waals surface area (Å²) in [6.07, 6.45) is 0. The molecule has 8 nitrogen and oxygen atoms in total. The minimum atomic E-state index is -0.571. The van der Waals surface area contributed by atoms with Gasteiger partial charge in [-0.15, -0.1) is 11.3 Å². The number of anilines is 1. The fourth-order valence-electron chi connectivity index (χ4n) is 3.76. The second-order valence-corrected chi connectivity index (χ2v) is 9.39. The third kappa shape index (κ3) is 6.79. The van der Waals surface area contributed by atoms with Gasteiger partial charge in [0.25, 0.3) is 0 Å². The summed E-state index contributed by atoms with van der Waals surface area (Å²) in [5.41, 5.74) is 1.86. The molecular weight excluding hydrogens is 478 g/mol. The predicted molar refractivity (Wildman–Crippen MR) is 133 cm³/mol. The molecule has 2 aromatic rings. The third-order valence-corrected chi connectivity index (χ3v) is 6.93. The van der Waals surface area contributed by atoms with Gasteiger partial charge < -0.3 is 14.8 Å². The van der Waals surface area contributed by atoms with Crippen LogP contribution < -0.4 is 5.32 Å². The Morgan fingerprint density at radius 1 is 0.971 bits per heavy atom. The van der Waals surface area contributed by atoms with Gasteiger partial charge in [-0.1, -0.05) is 23.7 Å². The van der Waals surface area contributed by atoms with Gasteiger partial charge in [-0.05, 0) is 44.0 Å². The van der Waals surface area contributed by atoms with Crippen molar-refractivity contribution in [2.45, 2.75) is 27.3 Å². The molecule has 0 spiro atoms. The number of esters is 2. The number of thiophene rings is 1. The number of hydrogen-bond acceptors (Lipinski definition) is 8. The van der Waals surface area contributed by atoms with E-state index in [1.54, 1.807) is 20.8 Å². The summed E-state index contributed by atoms with van der Waals surface area (Å²) in [6, 6.07) is 7.83. The summed E-state index contributed by atoms with van der Waals surface area (Å²) in [5, 5.41) is 3.85. The third-order valence-electron chi connectivity index (χ3n) is 5.49. The molecule has 0 unspecified atom stereocenters. The van der Waals surface area contributed by atoms with Crippen molar-refractivity contribution in [3.8, 4) is 0 Å². The van der Waals surface area contributed by atoms with Crippen LogP contribution in [0.25, 0.3) is 0 Å². The van der Waals surface area contributed by atoms with Crippen LogP contribution in [-0.2, 0) is 20.8 Å². The summed E-state index contributed by atoms with van der Waals surface area (Å²) in [7, 11) is 0. The van der Waals surface area contributed by atoms with Crippen LogP contribution in [0, 0.1) is 6.92 Å². The van der Waals surface area contributed by atoms with Gasteiger partial charge in [0.1, 0.15) is 9.88 Å². The van der Waals surface area contributed by atoms with E-state index in [4.69, 9.17) is 21.1 Å². The molecule has 1 saturated heterocycles. The second-order valence-electron chi connectivity index (χ2n) is 7.93. The van der Waals surface area contributed by atoms with E-state index in [-0.39, 0.29) is 36.1 Å². The first-order valence-corrected chi connectivity index (χ1v) is 12.5. The van der Waals surface area contributed by atoms with Crippen molar-refractivity contribution < 1.29 is 23.9 Å². The van der Waals surface area contributed by atoms with Crippen molar-refractivity contribution in [1.82, 2.24) is 9.80 Å². The van der Waals surface area contributed by atoms with Crippen molar-refractivity contribution in [1.29, 1.82) is 0 Å². The first-order chi connectivity index (χ1) is 16.3. The maximum absolute atomic E-state index is 12.8. The Labute approximate surface area is 208 Å². The van der Waals surface area contributed by atoms with Gasteiger partial charge in [0.05, 0.1) is 25.3 Å². The maximum Gasteiger partial charge on any atom is 0.348 e. The van der Waals surface area contributed by atoms with Crippen molar-refractivity contribution >= 4 is 45.8 Å². The van der Waals surface area contributed by atoms with Crippen LogP contribution in [0.3, 0.4) is 0 Å². The Morgan fingerprint density at radius 2 is 1.56 bits per heavy atom. The van der Waals surface area contributed by atoms with Gasteiger partial charge in [-0.25, -0.2) is 9.59 Å². The molecule has 1 fully saturated rings. The molecule has 1 aromatic heterocycles. The molecule has 0 radical (unpaired) electrons. The van der Waals surface area contributed by atoms with E-state index in [9.17, 15) is 14.4 Å². The number of benzene rings is 1. The summed E-state index contributed by atoms with van der Waals surface area (Å²) in [6.45, 7) is 9.71. The normalized spacial score (nSPS) is 14.6. The molecule has 0 bridgehead atoms. The number of nitrogens with one attached hydrogen (secondary N) is 1. The highest BCUT2D eigenvalue weighted by atomic mass is 35.5. The standard InChI is InChI=1S/C24H30ClN3O5S/c1-4-32-23(30)20-16(3)21(24(31)33-5-2)34-22(20)26-19(29)15-28-12-10-27(11-13-28)14-17-6-8-18(25)9-7-17/h6-9H,4-5,10-15H2,1-3H3,(H,26,29). The van der Waals surface area contributed by atoms with Gasteiger partial charge in [0.15, 0.2) is 0 Å². The molecule has 0 saturated carbocycles. The zero-order chi connectivity index (χ0) is 24.7. The molecule has 1 aliphatic heterocycles. The van der Waals surface area contributed by atoms with Gasteiger partial charge >= 0.3 is 11.9 Å². The Bertz CT molecular complexity index is 1020. The number of nitrogens with zero attached hydrogens (tertiary/aromatic N) is 2. The molecule has 1 amide bonds. The zero-order valence-electron chi connectivity index (χ0n) is 19.7. The van der Waals surface area contributed by atoms with Crippen LogP contribution in [0.5, 0.6) is 0 Å². The fourth-order valence-corrected chi connectivity index (χ4v) is 5.00. The van der Waals surface area contributed by atoms with Crippen molar-refractivity contribution in [3.05, 3.63) is 50.9 Å². The first kappa shape index (κ1) is 26.2. The lowest BCUT2D eigenvalue weighted by Crippen LogP contribution is -2.48. The quantitative estimate of drug-likeness (QED) is 0.516. The molecular formula is C24H30ClN3O5S. The highest BCUT2D eigenvalue weighted by Gasteiger charge is 2.28. The topological polar surface area (TPSA) is 88.2 Å². The molecule has 184 valence electrons. The van der Waals surface area contributed by atoms with E-state index in [0.717, 1.165) is 49.1 Å². The van der Waals surface area contributed by atoms with Gasteiger partial charge in [0, 0.05) is 37.7 Å². The summed E-state index contributed by atoms with van der Waals surface area (Å²) in [4.78, 5) is 42.3. The van der Waals surface area contributed by atoms with E-state index in [1.165, 1.54) is 5.56 Å². The minimum absolute atomic E-state index is 0.191. The Morgan fingerprint density at radius 3 is 2.18 bits per heavy atom. The predicted octanol–water partition coefficient (Wildman–Crippen LogP) is 3.82. The number of ether oxygens (including phenoxy) is 2. The fraction of sp³-hybridized carbons (Fsp3) is 0.458. The SMILES string of the molecule is CCOC(=O)c1sc(NC(=O)CN2CCN(Cc3ccc(Cl)cc3)CC2)c(C(=O)OCC)c1C. The highest BCUT2D eigenvalue weighted by molar-refractivity contribution is 7.18. The van der Waals surface area contributed by atoms with Crippen LogP contribution in [0.1, 0.15) is 45.0 Å². The minimum Gasteiger partial charge on any atom is -0.462 e. The highest BCUT2D eigenvalue weighted by Crippen LogP contribution is 2.34. The molecule has 3 rings (SSSR count). The summed E-state index contributed by atoms with van der Waals surface area (Å²) < 4.78 is 10.2. The van der Waals surface area contributed by atoms with Crippen molar-refractivity contribution in [2.24, 2.45) is 0 Å². The van der Waals surface area contributed by atoms with Crippen molar-refractivity contribution in [2.75, 3.05) is 51.3 Å². The molecule has 2 heterocycles. The largest absolute Gasteiger partial charge is 0.462 e. The number of carbonyl (C=O) groups is 3. The average Bonchev–Trinajstić information content (AvgIpc) is 3.12. The molecule has 1 aliphatic rings. The number of piperazine rings is 1. The monoisotopic (exact) mass is 507 g/mol. The zero-order valence-corrected chi connectivity index (χ0v) is 21.3. The summed E-state index contributed by atoms with van der Waals surface area (Å²) in [5.74, 6) is -1.33. The van der Waals surface area contributed by atoms with Gasteiger partial charge in [-0.3, -0.25) is 14.6 Å². The van der Waals surface area contributed by atoms with E-state index in [2.05, 4.69) is 15.1 Å². The van der Waals surface area contributed by atoms with Crippen LogP contribution in [0.15, 0.2) is 24.3 Å². The lowest BCUT2D eigenvalue weighted by Gasteiger charge is -2.34. The molecule has 1 N–H and O–H groups in total. The number of amides is 1. The lowest BCUT2D eigenvalue weighted by atomic mass is 10.1. The van der Waals surface area contributed by atoms with Gasteiger partial charge in [0.2, 0.25) is 5.91 Å². The van der Waals surface area contributed by atoms with Gasteiger partial charge in [-0.2, -0.15) is 0 Å². The Balaban J connectivity index is 1.59. The molecule has 34 heavy (non-hydrogen) atoms. The van der Waals surface area contributed by atoms with Crippen LogP contribution >= 0.6 is 22.9 Å². The number of carbonyl (C=O) groups excluding carboxylic acids is 3. The maximum atomic E-state index is 12.8. The smallest absolute Gasteiger partial charge is 0.348 e. The molecule has 0 atom stereocenters. The van der Waals surface area contributed by atoms with E-state index in [1.807, 2.05) is 24.3 Å². The van der Waals surface area contributed by atoms with E-state index < -0.39 is 11.9 Å². The Hall–Kier alpha value is -2.46. The van der Waals surface area contributed by atoms with Crippen LogP contribution in [0.2, 0.25) is 5.02 Å². The van der Waals surface area contributed by atoms with Crippen molar-refractivity contribution in [3.63, 3.8) is 0 Å². The molecule has 0 aliphatic carbocycles. The van der Waals surface area contributed by atoms with E-state index >= 15 is 0 Å². The summed E-state index contributed by atoms with van der Waals surface area (Å²) >= 11 is 6.99. The lowest BCUT2D eigenvalue weighted by molar-refractivity contribution is -0.117.